The van der Waals surface area contributed by atoms with Crippen molar-refractivity contribution >= 4 is 44.9 Å². The monoisotopic (exact) mass is 495 g/mol. The summed E-state index contributed by atoms with van der Waals surface area (Å²) in [6.07, 6.45) is 0.631. The van der Waals surface area contributed by atoms with E-state index in [4.69, 9.17) is 19.2 Å². The lowest BCUT2D eigenvalue weighted by atomic mass is 9.89. The summed E-state index contributed by atoms with van der Waals surface area (Å²) in [6, 6.07) is 8.97. The SMILES string of the molecule is CCOC(=O)c1sc2nc(N3CCOCC3)c3c(c2c1NC(=O)c1ccccc1)CC(C)(C)OC3. The molecule has 0 saturated carbocycles. The number of carbonyl (C=O) groups is 2. The molecule has 1 amide bonds. The van der Waals surface area contributed by atoms with Gasteiger partial charge in [-0.1, -0.05) is 18.2 Å². The van der Waals surface area contributed by atoms with Crippen molar-refractivity contribution in [3.63, 3.8) is 0 Å². The Kier molecular flexibility index (Phi) is 6.48. The number of anilines is 2. The maximum absolute atomic E-state index is 13.2. The van der Waals surface area contributed by atoms with Gasteiger partial charge in [0.25, 0.3) is 5.91 Å². The van der Waals surface area contributed by atoms with Gasteiger partial charge in [-0.15, -0.1) is 11.3 Å². The van der Waals surface area contributed by atoms with E-state index < -0.39 is 11.6 Å². The number of fused-ring (bicyclic) bond motifs is 3. The highest BCUT2D eigenvalue weighted by Crippen LogP contribution is 2.45. The topological polar surface area (TPSA) is 90.0 Å². The largest absolute Gasteiger partial charge is 0.462 e. The van der Waals surface area contributed by atoms with Crippen LogP contribution in [0.25, 0.3) is 10.2 Å². The lowest BCUT2D eigenvalue weighted by Gasteiger charge is -2.36. The van der Waals surface area contributed by atoms with Crippen LogP contribution in [-0.4, -0.2) is 55.4 Å². The molecule has 1 aromatic carbocycles. The van der Waals surface area contributed by atoms with Crippen LogP contribution < -0.4 is 10.2 Å². The number of hydrogen-bond donors (Lipinski definition) is 1. The van der Waals surface area contributed by atoms with Gasteiger partial charge >= 0.3 is 5.97 Å². The number of benzene rings is 1. The standard InChI is InChI=1S/C26H29N3O5S/c1-4-33-25(31)21-20(27-23(30)16-8-6-5-7-9-16)19-17-14-26(2,3)34-15-18(17)22(28-24(19)35-21)29-10-12-32-13-11-29/h5-9H,4,10-15H2,1-3H3,(H,27,30). The highest BCUT2D eigenvalue weighted by Gasteiger charge is 2.35. The number of morpholine rings is 1. The van der Waals surface area contributed by atoms with Crippen molar-refractivity contribution in [1.82, 2.24) is 4.98 Å². The van der Waals surface area contributed by atoms with Gasteiger partial charge in [-0.25, -0.2) is 9.78 Å². The van der Waals surface area contributed by atoms with Gasteiger partial charge in [0.2, 0.25) is 0 Å². The normalized spacial score (nSPS) is 17.2. The van der Waals surface area contributed by atoms with Gasteiger partial charge in [-0.05, 0) is 38.5 Å². The second kappa shape index (κ2) is 9.56. The van der Waals surface area contributed by atoms with Gasteiger partial charge in [0.1, 0.15) is 15.5 Å². The molecule has 184 valence electrons. The third kappa shape index (κ3) is 4.63. The zero-order valence-electron chi connectivity index (χ0n) is 20.2. The van der Waals surface area contributed by atoms with Crippen molar-refractivity contribution < 1.29 is 23.8 Å². The zero-order valence-corrected chi connectivity index (χ0v) is 21.0. The molecular weight excluding hydrogens is 466 g/mol. The quantitative estimate of drug-likeness (QED) is 0.524. The Morgan fingerprint density at radius 2 is 1.91 bits per heavy atom. The maximum Gasteiger partial charge on any atom is 0.350 e. The zero-order chi connectivity index (χ0) is 24.6. The molecule has 0 spiro atoms. The predicted octanol–water partition coefficient (Wildman–Crippen LogP) is 4.41. The van der Waals surface area contributed by atoms with Crippen molar-refractivity contribution in [3.8, 4) is 0 Å². The summed E-state index contributed by atoms with van der Waals surface area (Å²) in [4.78, 5) is 34.5. The summed E-state index contributed by atoms with van der Waals surface area (Å²) in [7, 11) is 0. The van der Waals surface area contributed by atoms with Crippen LogP contribution in [0.4, 0.5) is 11.5 Å². The van der Waals surface area contributed by atoms with Crippen LogP contribution in [0.3, 0.4) is 0 Å². The summed E-state index contributed by atoms with van der Waals surface area (Å²) in [5, 5.41) is 3.82. The molecule has 9 heteroatoms. The van der Waals surface area contributed by atoms with E-state index in [0.29, 0.717) is 47.2 Å². The van der Waals surface area contributed by atoms with Gasteiger partial charge in [-0.3, -0.25) is 4.79 Å². The number of carbonyl (C=O) groups excluding carboxylic acids is 2. The van der Waals surface area contributed by atoms with Gasteiger partial charge in [0.15, 0.2) is 0 Å². The Labute approximate surface area is 208 Å². The van der Waals surface area contributed by atoms with Crippen molar-refractivity contribution in [2.24, 2.45) is 0 Å². The molecule has 3 aromatic rings. The number of ether oxygens (including phenoxy) is 3. The molecule has 0 aliphatic carbocycles. The number of amides is 1. The molecule has 0 atom stereocenters. The molecule has 4 heterocycles. The molecule has 8 nitrogen and oxygen atoms in total. The number of hydrogen-bond acceptors (Lipinski definition) is 8. The van der Waals surface area contributed by atoms with Crippen LogP contribution >= 0.6 is 11.3 Å². The van der Waals surface area contributed by atoms with E-state index in [-0.39, 0.29) is 12.5 Å². The molecular formula is C26H29N3O5S. The van der Waals surface area contributed by atoms with E-state index >= 15 is 0 Å². The van der Waals surface area contributed by atoms with E-state index in [1.165, 1.54) is 11.3 Å². The smallest absolute Gasteiger partial charge is 0.350 e. The van der Waals surface area contributed by atoms with Gasteiger partial charge in [0.05, 0.1) is 37.7 Å². The average molecular weight is 496 g/mol. The van der Waals surface area contributed by atoms with Crippen LogP contribution in [0.5, 0.6) is 0 Å². The van der Waals surface area contributed by atoms with Gasteiger partial charge in [0, 0.05) is 36.0 Å². The van der Waals surface area contributed by atoms with Crippen LogP contribution in [0.15, 0.2) is 30.3 Å². The van der Waals surface area contributed by atoms with Crippen LogP contribution in [0.2, 0.25) is 0 Å². The highest BCUT2D eigenvalue weighted by molar-refractivity contribution is 7.21. The fraction of sp³-hybridized carbons (Fsp3) is 0.423. The number of esters is 1. The molecule has 0 radical (unpaired) electrons. The fourth-order valence-electron chi connectivity index (χ4n) is 4.59. The van der Waals surface area contributed by atoms with Crippen molar-refractivity contribution in [2.75, 3.05) is 43.1 Å². The van der Waals surface area contributed by atoms with E-state index in [0.717, 1.165) is 35.4 Å². The number of nitrogens with one attached hydrogen (secondary N) is 1. The minimum atomic E-state index is -0.466. The third-order valence-electron chi connectivity index (χ3n) is 6.29. The third-order valence-corrected chi connectivity index (χ3v) is 7.35. The van der Waals surface area contributed by atoms with Gasteiger partial charge < -0.3 is 24.4 Å². The van der Waals surface area contributed by atoms with Crippen molar-refractivity contribution in [2.45, 2.75) is 39.4 Å². The summed E-state index contributed by atoms with van der Waals surface area (Å²) < 4.78 is 17.1. The van der Waals surface area contributed by atoms with Gasteiger partial charge in [-0.2, -0.15) is 0 Å². The highest BCUT2D eigenvalue weighted by atomic mass is 32.1. The Bertz CT molecular complexity index is 1270. The average Bonchev–Trinajstić information content (AvgIpc) is 3.22. The molecule has 1 N–H and O–H groups in total. The Morgan fingerprint density at radius 1 is 1.17 bits per heavy atom. The number of nitrogens with zero attached hydrogens (tertiary/aromatic N) is 2. The lowest BCUT2D eigenvalue weighted by Crippen LogP contribution is -2.39. The second-order valence-electron chi connectivity index (χ2n) is 9.24. The van der Waals surface area contributed by atoms with Crippen molar-refractivity contribution in [3.05, 3.63) is 51.9 Å². The predicted molar refractivity (Wildman–Crippen MR) is 136 cm³/mol. The number of thiophene rings is 1. The lowest BCUT2D eigenvalue weighted by molar-refractivity contribution is -0.0396. The van der Waals surface area contributed by atoms with Crippen LogP contribution in [0.1, 0.15) is 51.9 Å². The summed E-state index contributed by atoms with van der Waals surface area (Å²) >= 11 is 1.26. The summed E-state index contributed by atoms with van der Waals surface area (Å²) in [5.41, 5.74) is 2.64. The van der Waals surface area contributed by atoms with Crippen LogP contribution in [-0.2, 0) is 27.2 Å². The molecule has 0 bridgehead atoms. The van der Waals surface area contributed by atoms with E-state index in [1.807, 2.05) is 18.2 Å². The minimum absolute atomic E-state index is 0.241. The Balaban J connectivity index is 1.71. The molecule has 2 aromatic heterocycles. The van der Waals surface area contributed by atoms with Crippen molar-refractivity contribution in [1.29, 1.82) is 0 Å². The first-order chi connectivity index (χ1) is 16.9. The molecule has 5 rings (SSSR count). The summed E-state index contributed by atoms with van der Waals surface area (Å²) in [5.74, 6) is 0.115. The molecule has 0 unspecified atom stereocenters. The summed E-state index contributed by atoms with van der Waals surface area (Å²) in [6.45, 7) is 9.28. The van der Waals surface area contributed by atoms with E-state index in [1.54, 1.807) is 19.1 Å². The fourth-order valence-corrected chi connectivity index (χ4v) is 5.64. The van der Waals surface area contributed by atoms with E-state index in [2.05, 4.69) is 24.1 Å². The van der Waals surface area contributed by atoms with Crippen LogP contribution in [0, 0.1) is 0 Å². The number of aromatic nitrogens is 1. The molecule has 1 fully saturated rings. The maximum atomic E-state index is 13.2. The molecule has 2 aliphatic rings. The number of pyridine rings is 1. The van der Waals surface area contributed by atoms with E-state index in [9.17, 15) is 9.59 Å². The second-order valence-corrected chi connectivity index (χ2v) is 10.2. The minimum Gasteiger partial charge on any atom is -0.462 e. The Morgan fingerprint density at radius 3 is 2.63 bits per heavy atom. The molecule has 35 heavy (non-hydrogen) atoms. The first-order valence-corrected chi connectivity index (χ1v) is 12.7. The molecule has 1 saturated heterocycles. The first-order valence-electron chi connectivity index (χ1n) is 11.9. The first kappa shape index (κ1) is 23.7. The molecule has 2 aliphatic heterocycles. The number of rotatable bonds is 5. The Hall–Kier alpha value is -3.01.